The van der Waals surface area contributed by atoms with Gasteiger partial charge in [0, 0.05) is 25.6 Å². The van der Waals surface area contributed by atoms with E-state index >= 15 is 0 Å². The molecule has 220 valence electrons. The number of carbonyl (C=O) groups is 2. The summed E-state index contributed by atoms with van der Waals surface area (Å²) in [6.07, 6.45) is 9.90. The molecule has 1 heterocycles. The minimum absolute atomic E-state index is 0.0719. The number of para-hydroxylation sites is 2. The van der Waals surface area contributed by atoms with Crippen LogP contribution in [0.4, 0.5) is 0 Å². The van der Waals surface area contributed by atoms with Gasteiger partial charge in [-0.3, -0.25) is 9.59 Å². The Hall–Kier alpha value is -3.93. The molecule has 6 heteroatoms. The van der Waals surface area contributed by atoms with Gasteiger partial charge in [-0.1, -0.05) is 92.4 Å². The SMILES string of the molecule is Cc1ccccc1CC(=O)NCCCCCc1nc2ccccc2n1CC(=O)N(Cc1ccccc1)C1CCCCC1. The largest absolute Gasteiger partial charge is 0.356 e. The molecule has 1 saturated carbocycles. The molecule has 3 aromatic carbocycles. The van der Waals surface area contributed by atoms with Gasteiger partial charge in [0.05, 0.1) is 17.5 Å². The number of nitrogens with zero attached hydrogens (tertiary/aromatic N) is 3. The quantitative estimate of drug-likeness (QED) is 0.182. The summed E-state index contributed by atoms with van der Waals surface area (Å²) in [7, 11) is 0. The molecule has 2 amide bonds. The zero-order valence-corrected chi connectivity index (χ0v) is 24.9. The van der Waals surface area contributed by atoms with Gasteiger partial charge < -0.3 is 14.8 Å². The second-order valence-corrected chi connectivity index (χ2v) is 11.7. The first-order chi connectivity index (χ1) is 20.6. The summed E-state index contributed by atoms with van der Waals surface area (Å²) in [5, 5.41) is 3.07. The van der Waals surface area contributed by atoms with Crippen LogP contribution in [-0.4, -0.2) is 38.9 Å². The molecule has 4 aromatic rings. The van der Waals surface area contributed by atoms with Gasteiger partial charge in [-0.2, -0.15) is 0 Å². The summed E-state index contributed by atoms with van der Waals surface area (Å²) in [4.78, 5) is 33.4. The number of nitrogens with one attached hydrogen (secondary N) is 1. The summed E-state index contributed by atoms with van der Waals surface area (Å²) in [6, 6.07) is 26.8. The van der Waals surface area contributed by atoms with Crippen molar-refractivity contribution in [2.75, 3.05) is 6.54 Å². The number of carbonyl (C=O) groups excluding carboxylic acids is 2. The molecule has 0 atom stereocenters. The Labute approximate surface area is 250 Å². The minimum Gasteiger partial charge on any atom is -0.356 e. The standard InChI is InChI=1S/C36H44N4O2/c1-28-15-10-11-18-30(28)25-35(41)37-24-14-4-9-23-34-38-32-21-12-13-22-33(32)40(34)27-36(42)39(31-19-7-3-8-20-31)26-29-16-5-2-6-17-29/h2,5-6,10-13,15-18,21-22,31H,3-4,7-9,14,19-20,23-27H2,1H3,(H,37,41). The molecule has 0 spiro atoms. The maximum Gasteiger partial charge on any atom is 0.243 e. The third-order valence-electron chi connectivity index (χ3n) is 8.57. The van der Waals surface area contributed by atoms with Crippen molar-refractivity contribution in [3.8, 4) is 0 Å². The lowest BCUT2D eigenvalue weighted by atomic mass is 9.93. The van der Waals surface area contributed by atoms with E-state index in [1.54, 1.807) is 0 Å². The van der Waals surface area contributed by atoms with Crippen molar-refractivity contribution in [3.05, 3.63) is 101 Å². The molecule has 0 radical (unpaired) electrons. The fourth-order valence-corrected chi connectivity index (χ4v) is 6.17. The lowest BCUT2D eigenvalue weighted by Crippen LogP contribution is -2.42. The summed E-state index contributed by atoms with van der Waals surface area (Å²) in [5.41, 5.74) is 5.37. The lowest BCUT2D eigenvalue weighted by Gasteiger charge is -2.35. The molecule has 1 aromatic heterocycles. The van der Waals surface area contributed by atoms with Crippen LogP contribution in [0.1, 0.15) is 73.9 Å². The molecule has 0 aliphatic heterocycles. The number of amides is 2. The fraction of sp³-hybridized carbons (Fsp3) is 0.417. The van der Waals surface area contributed by atoms with E-state index in [1.165, 1.54) is 24.8 Å². The molecule has 0 saturated heterocycles. The molecule has 1 N–H and O–H groups in total. The molecule has 1 aliphatic rings. The van der Waals surface area contributed by atoms with E-state index in [1.807, 2.05) is 55.5 Å². The highest BCUT2D eigenvalue weighted by atomic mass is 16.2. The van der Waals surface area contributed by atoms with E-state index in [-0.39, 0.29) is 11.8 Å². The maximum atomic E-state index is 14.0. The Kier molecular flexibility index (Phi) is 10.4. The zero-order chi connectivity index (χ0) is 29.1. The van der Waals surface area contributed by atoms with Crippen LogP contribution in [0, 0.1) is 6.92 Å². The van der Waals surface area contributed by atoms with Crippen LogP contribution in [0.5, 0.6) is 0 Å². The Morgan fingerprint density at radius 2 is 1.62 bits per heavy atom. The molecule has 0 unspecified atom stereocenters. The van der Waals surface area contributed by atoms with Crippen LogP contribution in [0.15, 0.2) is 78.9 Å². The minimum atomic E-state index is 0.0719. The first-order valence-electron chi connectivity index (χ1n) is 15.7. The number of hydrogen-bond donors (Lipinski definition) is 1. The van der Waals surface area contributed by atoms with Crippen LogP contribution < -0.4 is 5.32 Å². The van der Waals surface area contributed by atoms with Crippen molar-refractivity contribution in [2.45, 2.75) is 90.3 Å². The summed E-state index contributed by atoms with van der Waals surface area (Å²) in [5.74, 6) is 1.21. The van der Waals surface area contributed by atoms with Gasteiger partial charge in [0.1, 0.15) is 12.4 Å². The van der Waals surface area contributed by atoms with Crippen molar-refractivity contribution < 1.29 is 9.59 Å². The van der Waals surface area contributed by atoms with Gasteiger partial charge in [0.15, 0.2) is 0 Å². The first-order valence-corrected chi connectivity index (χ1v) is 15.7. The Balaban J connectivity index is 1.19. The zero-order valence-electron chi connectivity index (χ0n) is 24.9. The highest BCUT2D eigenvalue weighted by Gasteiger charge is 2.27. The summed E-state index contributed by atoms with van der Waals surface area (Å²) in [6.45, 7) is 3.69. The van der Waals surface area contributed by atoms with Gasteiger partial charge >= 0.3 is 0 Å². The Morgan fingerprint density at radius 1 is 0.881 bits per heavy atom. The number of benzene rings is 3. The van der Waals surface area contributed by atoms with Gasteiger partial charge in [0.2, 0.25) is 11.8 Å². The van der Waals surface area contributed by atoms with Crippen LogP contribution in [0.3, 0.4) is 0 Å². The Bertz CT molecular complexity index is 1460. The molecule has 5 rings (SSSR count). The van der Waals surface area contributed by atoms with Crippen LogP contribution in [0.2, 0.25) is 0 Å². The van der Waals surface area contributed by atoms with Gasteiger partial charge in [-0.25, -0.2) is 4.98 Å². The lowest BCUT2D eigenvalue weighted by molar-refractivity contribution is -0.135. The number of hydrogen-bond acceptors (Lipinski definition) is 3. The van der Waals surface area contributed by atoms with E-state index in [2.05, 4.69) is 45.1 Å². The molecule has 1 fully saturated rings. The van der Waals surface area contributed by atoms with Crippen molar-refractivity contribution in [2.24, 2.45) is 0 Å². The third kappa shape index (κ3) is 7.87. The predicted molar refractivity (Wildman–Crippen MR) is 169 cm³/mol. The smallest absolute Gasteiger partial charge is 0.243 e. The van der Waals surface area contributed by atoms with E-state index in [4.69, 9.17) is 4.98 Å². The highest BCUT2D eigenvalue weighted by Crippen LogP contribution is 2.26. The molecule has 0 bridgehead atoms. The second kappa shape index (κ2) is 14.8. The second-order valence-electron chi connectivity index (χ2n) is 11.7. The van der Waals surface area contributed by atoms with E-state index in [9.17, 15) is 9.59 Å². The van der Waals surface area contributed by atoms with E-state index < -0.39 is 0 Å². The van der Waals surface area contributed by atoms with Crippen molar-refractivity contribution >= 4 is 22.8 Å². The number of unbranched alkanes of at least 4 members (excludes halogenated alkanes) is 2. The average Bonchev–Trinajstić information content (AvgIpc) is 3.36. The number of aryl methyl sites for hydroxylation is 2. The van der Waals surface area contributed by atoms with Crippen LogP contribution in [0.25, 0.3) is 11.0 Å². The Morgan fingerprint density at radius 3 is 2.43 bits per heavy atom. The van der Waals surface area contributed by atoms with Crippen molar-refractivity contribution in [1.29, 1.82) is 0 Å². The molecular formula is C36H44N4O2. The van der Waals surface area contributed by atoms with Crippen molar-refractivity contribution in [3.63, 3.8) is 0 Å². The summed E-state index contributed by atoms with van der Waals surface area (Å²) >= 11 is 0. The maximum absolute atomic E-state index is 14.0. The average molecular weight is 565 g/mol. The monoisotopic (exact) mass is 564 g/mol. The number of imidazole rings is 1. The molecular weight excluding hydrogens is 520 g/mol. The number of fused-ring (bicyclic) bond motifs is 1. The number of aromatic nitrogens is 2. The molecule has 6 nitrogen and oxygen atoms in total. The predicted octanol–water partition coefficient (Wildman–Crippen LogP) is 6.78. The molecule has 42 heavy (non-hydrogen) atoms. The van der Waals surface area contributed by atoms with Gasteiger partial charge in [-0.05, 0) is 61.4 Å². The normalized spacial score (nSPS) is 13.7. The van der Waals surface area contributed by atoms with E-state index in [0.717, 1.165) is 66.5 Å². The topological polar surface area (TPSA) is 67.2 Å². The summed E-state index contributed by atoms with van der Waals surface area (Å²) < 4.78 is 2.14. The third-order valence-corrected chi connectivity index (χ3v) is 8.57. The first kappa shape index (κ1) is 29.6. The van der Waals surface area contributed by atoms with Crippen LogP contribution >= 0.6 is 0 Å². The van der Waals surface area contributed by atoms with Gasteiger partial charge in [0.25, 0.3) is 0 Å². The van der Waals surface area contributed by atoms with Crippen LogP contribution in [-0.2, 0) is 35.5 Å². The van der Waals surface area contributed by atoms with E-state index in [0.29, 0.717) is 32.1 Å². The number of rotatable bonds is 13. The van der Waals surface area contributed by atoms with Crippen molar-refractivity contribution in [1.82, 2.24) is 19.8 Å². The van der Waals surface area contributed by atoms with Gasteiger partial charge in [-0.15, -0.1) is 0 Å². The highest BCUT2D eigenvalue weighted by molar-refractivity contribution is 5.81. The molecule has 1 aliphatic carbocycles. The fourth-order valence-electron chi connectivity index (χ4n) is 6.17.